The Morgan fingerprint density at radius 1 is 1.33 bits per heavy atom. The third kappa shape index (κ3) is 3.69. The number of carbonyl (C=O) groups is 1. The molecule has 2 unspecified atom stereocenters. The summed E-state index contributed by atoms with van der Waals surface area (Å²) in [6.45, 7) is 1.71. The highest BCUT2D eigenvalue weighted by atomic mass is 35.5. The van der Waals surface area contributed by atoms with E-state index in [9.17, 15) is 4.79 Å². The number of alkyl halides is 2. The first-order chi connectivity index (χ1) is 11.4. The third-order valence-electron chi connectivity index (χ3n) is 4.27. The first kappa shape index (κ1) is 17.9. The minimum Gasteiger partial charge on any atom is -0.491 e. The van der Waals surface area contributed by atoms with Crippen molar-refractivity contribution < 1.29 is 19.0 Å². The Kier molecular flexibility index (Phi) is 5.35. The van der Waals surface area contributed by atoms with Crippen LogP contribution < -0.4 is 9.47 Å². The summed E-state index contributed by atoms with van der Waals surface area (Å²) in [5.74, 6) is 0.653. The van der Waals surface area contributed by atoms with Gasteiger partial charge in [-0.2, -0.15) is 0 Å². The van der Waals surface area contributed by atoms with Gasteiger partial charge in [0.25, 0.3) is 0 Å². The normalized spacial score (nSPS) is 24.8. The summed E-state index contributed by atoms with van der Waals surface area (Å²) >= 11 is 18.3. The number of halogens is 3. The lowest BCUT2D eigenvalue weighted by Gasteiger charge is -2.15. The molecule has 132 valence electrons. The maximum atomic E-state index is 12.0. The van der Waals surface area contributed by atoms with Crippen molar-refractivity contribution in [2.75, 3.05) is 26.8 Å². The number of rotatable bonds is 5. The van der Waals surface area contributed by atoms with E-state index in [1.54, 1.807) is 30.2 Å². The number of likely N-dealkylation sites (tertiary alicyclic amines) is 1. The molecule has 1 aliphatic heterocycles. The zero-order chi connectivity index (χ0) is 17.3. The molecule has 0 N–H and O–H groups in total. The molecule has 1 aromatic rings. The van der Waals surface area contributed by atoms with Gasteiger partial charge in [0.05, 0.1) is 23.7 Å². The minimum atomic E-state index is -0.943. The predicted octanol–water partition coefficient (Wildman–Crippen LogP) is 4.13. The maximum absolute atomic E-state index is 12.0. The van der Waals surface area contributed by atoms with Gasteiger partial charge in [0.1, 0.15) is 11.5 Å². The molecular formula is C16H18Cl3NO4. The Morgan fingerprint density at radius 2 is 2.04 bits per heavy atom. The van der Waals surface area contributed by atoms with E-state index >= 15 is 0 Å². The van der Waals surface area contributed by atoms with Crippen molar-refractivity contribution >= 4 is 40.9 Å². The van der Waals surface area contributed by atoms with Crippen molar-refractivity contribution in [2.24, 2.45) is 5.92 Å². The molecule has 2 fully saturated rings. The fourth-order valence-electron chi connectivity index (χ4n) is 2.78. The summed E-state index contributed by atoms with van der Waals surface area (Å²) in [5, 5.41) is 0.417. The van der Waals surface area contributed by atoms with Crippen LogP contribution >= 0.6 is 34.8 Å². The van der Waals surface area contributed by atoms with Crippen molar-refractivity contribution in [3.63, 3.8) is 0 Å². The van der Waals surface area contributed by atoms with Crippen LogP contribution in [0.1, 0.15) is 12.8 Å². The zero-order valence-electron chi connectivity index (χ0n) is 13.1. The second-order valence-corrected chi connectivity index (χ2v) is 7.75. The molecular weight excluding hydrogens is 377 g/mol. The molecule has 2 aliphatic rings. The molecule has 2 atom stereocenters. The molecule has 0 radical (unpaired) electrons. The summed E-state index contributed by atoms with van der Waals surface area (Å²) in [4.78, 5) is 13.7. The second-order valence-electron chi connectivity index (χ2n) is 5.90. The lowest BCUT2D eigenvalue weighted by molar-refractivity contribution is 0.153. The highest BCUT2D eigenvalue weighted by Crippen LogP contribution is 2.55. The van der Waals surface area contributed by atoms with Crippen molar-refractivity contribution in [3.8, 4) is 11.5 Å². The molecule has 1 saturated carbocycles. The van der Waals surface area contributed by atoms with Gasteiger partial charge < -0.3 is 19.1 Å². The number of amides is 1. The van der Waals surface area contributed by atoms with Crippen LogP contribution in [0.2, 0.25) is 5.02 Å². The number of nitrogens with zero attached hydrogens (tertiary/aromatic N) is 1. The number of carbonyl (C=O) groups excluding carboxylic acids is 1. The maximum Gasteiger partial charge on any atom is 0.415 e. The summed E-state index contributed by atoms with van der Waals surface area (Å²) in [6.07, 6.45) is 1.38. The third-order valence-corrected chi connectivity index (χ3v) is 5.58. The van der Waals surface area contributed by atoms with Crippen LogP contribution in [0.4, 0.5) is 4.79 Å². The Bertz CT molecular complexity index is 619. The van der Waals surface area contributed by atoms with Gasteiger partial charge in [0.2, 0.25) is 0 Å². The standard InChI is InChI=1S/C16H18Cl3NO4/c1-22-14-11(16(14,18)19)9-23-13-8-10(4-5-12(13)17)24-15(21)20-6-2-3-7-20/h4-5,8,11,14H,2-3,6-7,9H2,1H3. The quantitative estimate of drug-likeness (QED) is 0.705. The van der Waals surface area contributed by atoms with E-state index in [2.05, 4.69) is 0 Å². The van der Waals surface area contributed by atoms with Crippen LogP contribution in [-0.4, -0.2) is 48.2 Å². The Balaban J connectivity index is 1.60. The summed E-state index contributed by atoms with van der Waals surface area (Å²) in [5.41, 5.74) is 0. The van der Waals surface area contributed by atoms with Gasteiger partial charge in [0, 0.05) is 26.3 Å². The molecule has 1 saturated heterocycles. The van der Waals surface area contributed by atoms with Crippen LogP contribution in [0.3, 0.4) is 0 Å². The topological polar surface area (TPSA) is 48.0 Å². The van der Waals surface area contributed by atoms with Crippen molar-refractivity contribution in [3.05, 3.63) is 23.2 Å². The fourth-order valence-corrected chi connectivity index (χ4v) is 3.66. The van der Waals surface area contributed by atoms with Crippen LogP contribution in [0.15, 0.2) is 18.2 Å². The fraction of sp³-hybridized carbons (Fsp3) is 0.562. The molecule has 1 heterocycles. The first-order valence-electron chi connectivity index (χ1n) is 7.73. The van der Waals surface area contributed by atoms with E-state index in [0.717, 1.165) is 25.9 Å². The van der Waals surface area contributed by atoms with Crippen LogP contribution in [0.25, 0.3) is 0 Å². The van der Waals surface area contributed by atoms with Crippen molar-refractivity contribution in [1.29, 1.82) is 0 Å². The molecule has 24 heavy (non-hydrogen) atoms. The molecule has 0 bridgehead atoms. The number of ether oxygens (including phenoxy) is 3. The highest BCUT2D eigenvalue weighted by Gasteiger charge is 2.64. The SMILES string of the molecule is COC1C(COc2cc(OC(=O)N3CCCC3)ccc2Cl)C1(Cl)Cl. The van der Waals surface area contributed by atoms with Crippen LogP contribution in [-0.2, 0) is 4.74 Å². The number of hydrogen-bond acceptors (Lipinski definition) is 4. The Hall–Kier alpha value is -0.880. The van der Waals surface area contributed by atoms with Crippen LogP contribution in [0.5, 0.6) is 11.5 Å². The van der Waals surface area contributed by atoms with Gasteiger partial charge in [0.15, 0.2) is 4.33 Å². The lowest BCUT2D eigenvalue weighted by Crippen LogP contribution is -2.30. The number of hydrogen-bond donors (Lipinski definition) is 0. The second kappa shape index (κ2) is 7.16. The van der Waals surface area contributed by atoms with Gasteiger partial charge in [-0.3, -0.25) is 0 Å². The average molecular weight is 395 g/mol. The number of methoxy groups -OCH3 is 1. The number of benzene rings is 1. The smallest absolute Gasteiger partial charge is 0.415 e. The van der Waals surface area contributed by atoms with Crippen molar-refractivity contribution in [2.45, 2.75) is 23.3 Å². The minimum absolute atomic E-state index is 0.141. The largest absolute Gasteiger partial charge is 0.491 e. The Labute approximate surface area is 155 Å². The summed E-state index contributed by atoms with van der Waals surface area (Å²) in [6, 6.07) is 4.84. The lowest BCUT2D eigenvalue weighted by atomic mass is 10.3. The van der Waals surface area contributed by atoms with Crippen molar-refractivity contribution in [1.82, 2.24) is 4.90 Å². The zero-order valence-corrected chi connectivity index (χ0v) is 15.4. The average Bonchev–Trinajstić information content (AvgIpc) is 2.93. The van der Waals surface area contributed by atoms with Gasteiger partial charge in [-0.25, -0.2) is 4.79 Å². The monoisotopic (exact) mass is 393 g/mol. The molecule has 0 aromatic heterocycles. The van der Waals surface area contributed by atoms with Gasteiger partial charge >= 0.3 is 6.09 Å². The van der Waals surface area contributed by atoms with E-state index in [0.29, 0.717) is 16.5 Å². The predicted molar refractivity (Wildman–Crippen MR) is 92.5 cm³/mol. The van der Waals surface area contributed by atoms with Gasteiger partial charge in [-0.05, 0) is 25.0 Å². The molecule has 8 heteroatoms. The van der Waals surface area contributed by atoms with Crippen LogP contribution in [0, 0.1) is 5.92 Å². The molecule has 5 nitrogen and oxygen atoms in total. The molecule has 1 aliphatic carbocycles. The van der Waals surface area contributed by atoms with E-state index in [-0.39, 0.29) is 24.7 Å². The highest BCUT2D eigenvalue weighted by molar-refractivity contribution is 6.51. The van der Waals surface area contributed by atoms with E-state index in [1.807, 2.05) is 0 Å². The Morgan fingerprint density at radius 3 is 2.67 bits per heavy atom. The molecule has 3 rings (SSSR count). The van der Waals surface area contributed by atoms with Gasteiger partial charge in [-0.15, -0.1) is 0 Å². The van der Waals surface area contributed by atoms with Gasteiger partial charge in [-0.1, -0.05) is 34.8 Å². The molecule has 0 spiro atoms. The molecule has 1 amide bonds. The van der Waals surface area contributed by atoms with E-state index < -0.39 is 4.33 Å². The van der Waals surface area contributed by atoms with E-state index in [1.165, 1.54) is 0 Å². The molecule has 1 aromatic carbocycles. The van der Waals surface area contributed by atoms with E-state index in [4.69, 9.17) is 49.0 Å². The first-order valence-corrected chi connectivity index (χ1v) is 8.86. The summed E-state index contributed by atoms with van der Waals surface area (Å²) < 4.78 is 15.3. The summed E-state index contributed by atoms with van der Waals surface area (Å²) in [7, 11) is 1.55.